The number of ether oxygens (including phenoxy) is 1. The Bertz CT molecular complexity index is 808. The molecule has 1 aromatic heterocycles. The fourth-order valence-corrected chi connectivity index (χ4v) is 3.62. The Morgan fingerprint density at radius 3 is 2.54 bits per heavy atom. The number of carbonyl (C=O) groups excluding carboxylic acids is 1. The fourth-order valence-electron chi connectivity index (χ4n) is 3.62. The predicted molar refractivity (Wildman–Crippen MR) is 111 cm³/mol. The highest BCUT2D eigenvalue weighted by Crippen LogP contribution is 2.25. The van der Waals surface area contributed by atoms with E-state index in [2.05, 4.69) is 53.5 Å². The van der Waals surface area contributed by atoms with Crippen molar-refractivity contribution < 1.29 is 9.53 Å². The normalized spacial score (nSPS) is 14.6. The first kappa shape index (κ1) is 19.9. The number of aryl methyl sites for hydroxylation is 3. The number of aromatic nitrogens is 2. The predicted octanol–water partition coefficient (Wildman–Crippen LogP) is 4.18. The maximum Gasteiger partial charge on any atom is 0.409 e. The second-order valence-corrected chi connectivity index (χ2v) is 7.27. The summed E-state index contributed by atoms with van der Waals surface area (Å²) in [5.41, 5.74) is 4.63. The third-order valence-corrected chi connectivity index (χ3v) is 4.94. The van der Waals surface area contributed by atoms with Gasteiger partial charge in [-0.15, -0.1) is 0 Å². The van der Waals surface area contributed by atoms with Gasteiger partial charge in [0, 0.05) is 31.0 Å². The molecule has 1 aliphatic heterocycles. The van der Waals surface area contributed by atoms with E-state index >= 15 is 0 Å². The molecular weight excluding hydrogens is 354 g/mol. The Labute approximate surface area is 166 Å². The molecule has 2 aromatic rings. The van der Waals surface area contributed by atoms with Gasteiger partial charge in [0.15, 0.2) is 0 Å². The lowest BCUT2D eigenvalue weighted by Gasteiger charge is -2.31. The molecule has 0 radical (unpaired) electrons. The van der Waals surface area contributed by atoms with Crippen molar-refractivity contribution in [1.82, 2.24) is 14.9 Å². The van der Waals surface area contributed by atoms with Gasteiger partial charge in [-0.05, 0) is 57.7 Å². The molecule has 2 N–H and O–H groups in total. The summed E-state index contributed by atoms with van der Waals surface area (Å²) >= 11 is 0. The highest BCUT2D eigenvalue weighted by molar-refractivity contribution is 5.67. The first-order valence-corrected chi connectivity index (χ1v) is 9.82. The molecule has 150 valence electrons. The Balaban J connectivity index is 1.61. The summed E-state index contributed by atoms with van der Waals surface area (Å²) in [7, 11) is 0. The second-order valence-electron chi connectivity index (χ2n) is 7.27. The Kier molecular flexibility index (Phi) is 6.34. The van der Waals surface area contributed by atoms with Crippen molar-refractivity contribution in [3.05, 3.63) is 41.1 Å². The van der Waals surface area contributed by atoms with Crippen molar-refractivity contribution in [2.24, 2.45) is 0 Å². The molecule has 1 aromatic carbocycles. The molecular formula is C21H29N5O2. The van der Waals surface area contributed by atoms with Crippen LogP contribution in [-0.2, 0) is 4.74 Å². The molecule has 1 aliphatic rings. The van der Waals surface area contributed by atoms with Gasteiger partial charge in [0.05, 0.1) is 6.61 Å². The Morgan fingerprint density at radius 2 is 1.89 bits per heavy atom. The maximum atomic E-state index is 11.8. The lowest BCUT2D eigenvalue weighted by atomic mass is 10.1. The van der Waals surface area contributed by atoms with Gasteiger partial charge < -0.3 is 20.3 Å². The standard InChI is InChI=1S/C21H29N5O2/c1-5-28-21(27)26-10-7-17(8-11-26)23-18-6-9-22-20(24-18)25-19-15(3)12-14(2)13-16(19)4/h6,9,12-13,17H,5,7-8,10-11H2,1-4H3,(H2,22,23,24,25). The van der Waals surface area contributed by atoms with Gasteiger partial charge in [-0.25, -0.2) is 9.78 Å². The topological polar surface area (TPSA) is 79.4 Å². The summed E-state index contributed by atoms with van der Waals surface area (Å²) < 4.78 is 5.07. The number of nitrogens with one attached hydrogen (secondary N) is 2. The lowest BCUT2D eigenvalue weighted by molar-refractivity contribution is 0.0983. The zero-order chi connectivity index (χ0) is 20.1. The smallest absolute Gasteiger partial charge is 0.409 e. The van der Waals surface area contributed by atoms with Crippen molar-refractivity contribution in [3.63, 3.8) is 0 Å². The van der Waals surface area contributed by atoms with E-state index in [9.17, 15) is 4.79 Å². The molecule has 1 fully saturated rings. The van der Waals surface area contributed by atoms with Crippen LogP contribution in [0.25, 0.3) is 0 Å². The van der Waals surface area contributed by atoms with Gasteiger partial charge in [0.25, 0.3) is 0 Å². The number of carbonyl (C=O) groups is 1. The molecule has 0 atom stereocenters. The summed E-state index contributed by atoms with van der Waals surface area (Å²) in [6.45, 7) is 9.88. The van der Waals surface area contributed by atoms with E-state index < -0.39 is 0 Å². The van der Waals surface area contributed by atoms with Gasteiger partial charge in [0.2, 0.25) is 5.95 Å². The van der Waals surface area contributed by atoms with Crippen molar-refractivity contribution >= 4 is 23.5 Å². The molecule has 2 heterocycles. The second kappa shape index (κ2) is 8.91. The van der Waals surface area contributed by atoms with E-state index in [1.165, 1.54) is 16.7 Å². The van der Waals surface area contributed by atoms with E-state index in [0.29, 0.717) is 25.6 Å². The van der Waals surface area contributed by atoms with Crippen molar-refractivity contribution in [2.75, 3.05) is 30.3 Å². The molecule has 0 saturated carbocycles. The van der Waals surface area contributed by atoms with Crippen LogP contribution < -0.4 is 10.6 Å². The monoisotopic (exact) mass is 383 g/mol. The number of rotatable bonds is 5. The van der Waals surface area contributed by atoms with Crippen LogP contribution in [0.4, 0.5) is 22.2 Å². The van der Waals surface area contributed by atoms with E-state index in [1.807, 2.05) is 13.0 Å². The van der Waals surface area contributed by atoms with Crippen LogP contribution in [0.1, 0.15) is 36.5 Å². The molecule has 0 spiro atoms. The average molecular weight is 383 g/mol. The number of anilines is 3. The minimum absolute atomic E-state index is 0.224. The maximum absolute atomic E-state index is 11.8. The highest BCUT2D eigenvalue weighted by atomic mass is 16.6. The van der Waals surface area contributed by atoms with Crippen LogP contribution in [0.15, 0.2) is 24.4 Å². The fraction of sp³-hybridized carbons (Fsp3) is 0.476. The molecule has 28 heavy (non-hydrogen) atoms. The van der Waals surface area contributed by atoms with Crippen LogP contribution in [0.2, 0.25) is 0 Å². The number of amides is 1. The molecule has 1 amide bonds. The molecule has 0 unspecified atom stereocenters. The molecule has 0 aliphatic carbocycles. The SMILES string of the molecule is CCOC(=O)N1CCC(Nc2ccnc(Nc3c(C)cc(C)cc3C)n2)CC1. The third kappa shape index (κ3) is 4.91. The van der Waals surface area contributed by atoms with E-state index in [4.69, 9.17) is 4.74 Å². The quantitative estimate of drug-likeness (QED) is 0.806. The van der Waals surface area contributed by atoms with Gasteiger partial charge >= 0.3 is 6.09 Å². The molecule has 3 rings (SSSR count). The van der Waals surface area contributed by atoms with Crippen molar-refractivity contribution in [3.8, 4) is 0 Å². The van der Waals surface area contributed by atoms with Crippen molar-refractivity contribution in [1.29, 1.82) is 0 Å². The molecule has 7 heteroatoms. The Hall–Kier alpha value is -2.83. The average Bonchev–Trinajstić information content (AvgIpc) is 2.66. The van der Waals surface area contributed by atoms with E-state index in [-0.39, 0.29) is 12.1 Å². The number of hydrogen-bond donors (Lipinski definition) is 2. The third-order valence-electron chi connectivity index (χ3n) is 4.94. The molecule has 0 bridgehead atoms. The first-order valence-electron chi connectivity index (χ1n) is 9.82. The first-order chi connectivity index (χ1) is 13.5. The van der Waals surface area contributed by atoms with Crippen LogP contribution in [0.3, 0.4) is 0 Å². The zero-order valence-corrected chi connectivity index (χ0v) is 17.1. The lowest BCUT2D eigenvalue weighted by Crippen LogP contribution is -2.42. The number of nitrogens with zero attached hydrogens (tertiary/aromatic N) is 3. The van der Waals surface area contributed by atoms with Crippen LogP contribution >= 0.6 is 0 Å². The van der Waals surface area contributed by atoms with Crippen LogP contribution in [0, 0.1) is 20.8 Å². The van der Waals surface area contributed by atoms with Crippen LogP contribution in [-0.4, -0.2) is 46.7 Å². The molecule has 7 nitrogen and oxygen atoms in total. The van der Waals surface area contributed by atoms with Gasteiger partial charge in [-0.1, -0.05) is 17.7 Å². The summed E-state index contributed by atoms with van der Waals surface area (Å²) in [5.74, 6) is 1.36. The minimum Gasteiger partial charge on any atom is -0.450 e. The molecule has 1 saturated heterocycles. The largest absolute Gasteiger partial charge is 0.450 e. The van der Waals surface area contributed by atoms with Gasteiger partial charge in [-0.2, -0.15) is 4.98 Å². The van der Waals surface area contributed by atoms with Gasteiger partial charge in [0.1, 0.15) is 5.82 Å². The summed E-state index contributed by atoms with van der Waals surface area (Å²) in [6.07, 6.45) is 3.26. The van der Waals surface area contributed by atoms with Crippen LogP contribution in [0.5, 0.6) is 0 Å². The number of benzene rings is 1. The number of likely N-dealkylation sites (tertiary alicyclic amines) is 1. The minimum atomic E-state index is -0.224. The van der Waals surface area contributed by atoms with Crippen molar-refractivity contribution in [2.45, 2.75) is 46.6 Å². The highest BCUT2D eigenvalue weighted by Gasteiger charge is 2.23. The number of piperidine rings is 1. The zero-order valence-electron chi connectivity index (χ0n) is 17.1. The summed E-state index contributed by atoms with van der Waals surface area (Å²) in [5, 5.41) is 6.82. The van der Waals surface area contributed by atoms with Gasteiger partial charge in [-0.3, -0.25) is 0 Å². The summed E-state index contributed by atoms with van der Waals surface area (Å²) in [6, 6.07) is 6.44. The Morgan fingerprint density at radius 1 is 1.21 bits per heavy atom. The summed E-state index contributed by atoms with van der Waals surface area (Å²) in [4.78, 5) is 22.5. The van der Waals surface area contributed by atoms with E-state index in [0.717, 1.165) is 24.3 Å². The number of hydrogen-bond acceptors (Lipinski definition) is 6. The van der Waals surface area contributed by atoms with E-state index in [1.54, 1.807) is 11.1 Å².